The topological polar surface area (TPSA) is 78.4 Å². The fourth-order valence-electron chi connectivity index (χ4n) is 2.18. The van der Waals surface area contributed by atoms with Crippen molar-refractivity contribution < 1.29 is 14.7 Å². The predicted molar refractivity (Wildman–Crippen MR) is 70.7 cm³/mol. The zero-order chi connectivity index (χ0) is 13.8. The third-order valence-electron chi connectivity index (χ3n) is 3.23. The van der Waals surface area contributed by atoms with Gasteiger partial charge in [-0.05, 0) is 29.2 Å². The molecule has 1 amide bonds. The van der Waals surface area contributed by atoms with Crippen molar-refractivity contribution in [2.24, 2.45) is 5.92 Å². The highest BCUT2D eigenvalue weighted by molar-refractivity contribution is 5.94. The smallest absolute Gasteiger partial charge is 0.303 e. The summed E-state index contributed by atoms with van der Waals surface area (Å²) in [5.41, 5.74) is 3.02. The molecule has 3 N–H and O–H groups in total. The number of amides is 1. The number of fused-ring (bicyclic) bond motifs is 1. The van der Waals surface area contributed by atoms with Gasteiger partial charge in [-0.15, -0.1) is 0 Å². The number of rotatable bonds is 5. The molecule has 0 saturated carbocycles. The minimum Gasteiger partial charge on any atom is -0.481 e. The van der Waals surface area contributed by atoms with E-state index in [1.165, 1.54) is 5.56 Å². The Labute approximate surface area is 112 Å². The lowest BCUT2D eigenvalue weighted by Gasteiger charge is -2.11. The van der Waals surface area contributed by atoms with Crippen molar-refractivity contribution in [3.8, 4) is 0 Å². The van der Waals surface area contributed by atoms with Crippen molar-refractivity contribution in [1.29, 1.82) is 0 Å². The van der Waals surface area contributed by atoms with Crippen LogP contribution in [0.3, 0.4) is 0 Å². The Hall–Kier alpha value is -1.88. The molecule has 0 bridgehead atoms. The van der Waals surface area contributed by atoms with Gasteiger partial charge in [0, 0.05) is 31.6 Å². The van der Waals surface area contributed by atoms with E-state index in [1.807, 2.05) is 18.2 Å². The fraction of sp³-hybridized carbons (Fsp3) is 0.429. The van der Waals surface area contributed by atoms with Gasteiger partial charge < -0.3 is 15.7 Å². The summed E-state index contributed by atoms with van der Waals surface area (Å²) in [5, 5.41) is 14.7. The van der Waals surface area contributed by atoms with E-state index >= 15 is 0 Å². The molecule has 1 aromatic carbocycles. The van der Waals surface area contributed by atoms with E-state index in [-0.39, 0.29) is 18.2 Å². The molecular formula is C14H18N2O3. The minimum atomic E-state index is -0.842. The first-order valence-electron chi connectivity index (χ1n) is 6.39. The van der Waals surface area contributed by atoms with Crippen LogP contribution in [0, 0.1) is 5.92 Å². The maximum atomic E-state index is 12.0. The van der Waals surface area contributed by atoms with E-state index in [1.54, 1.807) is 6.92 Å². The number of carbonyl (C=O) groups is 2. The number of carbonyl (C=O) groups excluding carboxylic acids is 1. The van der Waals surface area contributed by atoms with Crippen LogP contribution in [0.15, 0.2) is 18.2 Å². The first-order chi connectivity index (χ1) is 9.06. The number of carboxylic acids is 1. The molecule has 1 aliphatic rings. The molecule has 102 valence electrons. The molecule has 0 fully saturated rings. The number of carboxylic acid groups (broad SMARTS) is 1. The van der Waals surface area contributed by atoms with E-state index in [9.17, 15) is 9.59 Å². The maximum Gasteiger partial charge on any atom is 0.303 e. The van der Waals surface area contributed by atoms with Crippen LogP contribution in [0.2, 0.25) is 0 Å². The van der Waals surface area contributed by atoms with Gasteiger partial charge >= 0.3 is 5.97 Å². The number of nitrogens with one attached hydrogen (secondary N) is 2. The summed E-state index contributed by atoms with van der Waals surface area (Å²) in [7, 11) is 0. The lowest BCUT2D eigenvalue weighted by Crippen LogP contribution is -2.29. The molecule has 0 aliphatic carbocycles. The molecule has 19 heavy (non-hydrogen) atoms. The van der Waals surface area contributed by atoms with E-state index in [0.717, 1.165) is 18.7 Å². The highest BCUT2D eigenvalue weighted by Gasteiger charge is 2.14. The first-order valence-corrected chi connectivity index (χ1v) is 6.39. The summed E-state index contributed by atoms with van der Waals surface area (Å²) in [5.74, 6) is -1.06. The normalized spacial score (nSPS) is 14.8. The quantitative estimate of drug-likeness (QED) is 0.743. The van der Waals surface area contributed by atoms with Gasteiger partial charge in [0.1, 0.15) is 0 Å². The predicted octanol–water partition coefficient (Wildman–Crippen LogP) is 1.13. The van der Waals surface area contributed by atoms with Gasteiger partial charge in [-0.25, -0.2) is 0 Å². The van der Waals surface area contributed by atoms with Crippen LogP contribution in [0.1, 0.15) is 34.8 Å². The molecule has 1 unspecified atom stereocenters. The summed E-state index contributed by atoms with van der Waals surface area (Å²) in [6.45, 7) is 3.83. The molecule has 0 aromatic heterocycles. The first kappa shape index (κ1) is 13.5. The number of aliphatic carboxylic acids is 1. The lowest BCUT2D eigenvalue weighted by atomic mass is 10.1. The third-order valence-corrected chi connectivity index (χ3v) is 3.23. The monoisotopic (exact) mass is 262 g/mol. The van der Waals surface area contributed by atoms with Crippen LogP contribution in [0.4, 0.5) is 0 Å². The number of hydrogen-bond donors (Lipinski definition) is 3. The molecule has 5 heteroatoms. The summed E-state index contributed by atoms with van der Waals surface area (Å²) in [6, 6.07) is 5.67. The van der Waals surface area contributed by atoms with Crippen LogP contribution in [-0.2, 0) is 17.9 Å². The third kappa shape index (κ3) is 3.54. The van der Waals surface area contributed by atoms with E-state index in [4.69, 9.17) is 5.11 Å². The van der Waals surface area contributed by atoms with E-state index in [0.29, 0.717) is 12.1 Å². The average Bonchev–Trinajstić information content (AvgIpc) is 2.82. The van der Waals surface area contributed by atoms with Gasteiger partial charge in [0.25, 0.3) is 5.91 Å². The Balaban J connectivity index is 1.91. The Kier molecular flexibility index (Phi) is 4.16. The van der Waals surface area contributed by atoms with E-state index in [2.05, 4.69) is 10.6 Å². The summed E-state index contributed by atoms with van der Waals surface area (Å²) in [4.78, 5) is 22.5. The molecule has 0 spiro atoms. The van der Waals surface area contributed by atoms with Crippen molar-refractivity contribution >= 4 is 11.9 Å². The van der Waals surface area contributed by atoms with Crippen molar-refractivity contribution in [1.82, 2.24) is 10.6 Å². The molecule has 1 heterocycles. The van der Waals surface area contributed by atoms with Gasteiger partial charge in [-0.2, -0.15) is 0 Å². The van der Waals surface area contributed by atoms with Gasteiger partial charge in [0.2, 0.25) is 0 Å². The van der Waals surface area contributed by atoms with Crippen LogP contribution in [-0.4, -0.2) is 23.5 Å². The highest BCUT2D eigenvalue weighted by Crippen LogP contribution is 2.17. The maximum absolute atomic E-state index is 12.0. The molecular weight excluding hydrogens is 244 g/mol. The van der Waals surface area contributed by atoms with Crippen LogP contribution in [0.5, 0.6) is 0 Å². The molecule has 1 atom stereocenters. The van der Waals surface area contributed by atoms with Gasteiger partial charge in [-0.1, -0.05) is 13.0 Å². The number of hydrogen-bond acceptors (Lipinski definition) is 3. The Morgan fingerprint density at radius 2 is 2.11 bits per heavy atom. The molecule has 0 saturated heterocycles. The second kappa shape index (κ2) is 5.84. The molecule has 5 nitrogen and oxygen atoms in total. The minimum absolute atomic E-state index is 0.0639. The molecule has 1 aliphatic heterocycles. The van der Waals surface area contributed by atoms with Gasteiger partial charge in [0.05, 0.1) is 0 Å². The lowest BCUT2D eigenvalue weighted by molar-refractivity contribution is -0.137. The zero-order valence-electron chi connectivity index (χ0n) is 10.9. The average molecular weight is 262 g/mol. The fourth-order valence-corrected chi connectivity index (χ4v) is 2.18. The van der Waals surface area contributed by atoms with Gasteiger partial charge in [0.15, 0.2) is 0 Å². The summed E-state index contributed by atoms with van der Waals surface area (Å²) >= 11 is 0. The van der Waals surface area contributed by atoms with Crippen LogP contribution < -0.4 is 10.6 Å². The molecule has 0 radical (unpaired) electrons. The zero-order valence-corrected chi connectivity index (χ0v) is 10.9. The van der Waals surface area contributed by atoms with Crippen LogP contribution in [0.25, 0.3) is 0 Å². The second-order valence-corrected chi connectivity index (χ2v) is 5.00. The molecule has 2 rings (SSSR count). The second-order valence-electron chi connectivity index (χ2n) is 5.00. The molecule has 1 aromatic rings. The Morgan fingerprint density at radius 3 is 2.84 bits per heavy atom. The Morgan fingerprint density at radius 1 is 1.37 bits per heavy atom. The SMILES string of the molecule is CC(CNC(=O)c1ccc2c(c1)CNC2)CC(=O)O. The van der Waals surface area contributed by atoms with Crippen molar-refractivity contribution in [3.05, 3.63) is 34.9 Å². The largest absolute Gasteiger partial charge is 0.481 e. The highest BCUT2D eigenvalue weighted by atomic mass is 16.4. The van der Waals surface area contributed by atoms with Crippen molar-refractivity contribution in [2.45, 2.75) is 26.4 Å². The van der Waals surface area contributed by atoms with Crippen molar-refractivity contribution in [2.75, 3.05) is 6.54 Å². The standard InChI is InChI=1S/C14H18N2O3/c1-9(4-13(17)18)6-16-14(19)10-2-3-11-7-15-8-12(11)5-10/h2-3,5,9,15H,4,6-8H2,1H3,(H,16,19)(H,17,18). The Bertz CT molecular complexity index is 499. The summed E-state index contributed by atoms with van der Waals surface area (Å²) < 4.78 is 0. The van der Waals surface area contributed by atoms with Crippen LogP contribution >= 0.6 is 0 Å². The van der Waals surface area contributed by atoms with Gasteiger partial charge in [-0.3, -0.25) is 9.59 Å². The number of benzene rings is 1. The summed E-state index contributed by atoms with van der Waals surface area (Å²) in [6.07, 6.45) is 0.0639. The van der Waals surface area contributed by atoms with Crippen molar-refractivity contribution in [3.63, 3.8) is 0 Å². The van der Waals surface area contributed by atoms with E-state index < -0.39 is 5.97 Å².